The summed E-state index contributed by atoms with van der Waals surface area (Å²) in [5.41, 5.74) is 0. The van der Waals surface area contributed by atoms with Crippen molar-refractivity contribution in [3.05, 3.63) is 0 Å². The van der Waals surface area contributed by atoms with Crippen LogP contribution in [0.2, 0.25) is 0 Å². The Kier molecular flexibility index (Phi) is 13.3. The first-order valence-corrected chi connectivity index (χ1v) is 7.78. The Morgan fingerprint density at radius 3 is 1.22 bits per heavy atom. The molecule has 0 aromatic carbocycles. The number of hydrogen-bond donors (Lipinski definition) is 0. The molecule has 110 valence electrons. The summed E-state index contributed by atoms with van der Waals surface area (Å²) >= 11 is 0. The average Bonchev–Trinajstić information content (AvgIpc) is 2.29. The molecular formula is C16H34O2. The molecule has 0 aromatic heterocycles. The second-order valence-corrected chi connectivity index (χ2v) is 6.00. The lowest BCUT2D eigenvalue weighted by Gasteiger charge is -2.07. The summed E-state index contributed by atoms with van der Waals surface area (Å²) in [5, 5.41) is 0. The van der Waals surface area contributed by atoms with Gasteiger partial charge in [-0.1, -0.05) is 27.7 Å². The van der Waals surface area contributed by atoms with E-state index in [4.69, 9.17) is 9.47 Å². The molecule has 0 aliphatic carbocycles. The summed E-state index contributed by atoms with van der Waals surface area (Å²) in [6.45, 7) is 12.7. The maximum absolute atomic E-state index is 5.59. The third-order valence-electron chi connectivity index (χ3n) is 2.97. The van der Waals surface area contributed by atoms with Gasteiger partial charge in [-0.15, -0.1) is 0 Å². The van der Waals surface area contributed by atoms with Crippen LogP contribution in [-0.4, -0.2) is 26.4 Å². The lowest BCUT2D eigenvalue weighted by molar-refractivity contribution is 0.0976. The molecule has 0 radical (unpaired) electrons. The van der Waals surface area contributed by atoms with E-state index in [1.165, 1.54) is 25.7 Å². The first kappa shape index (κ1) is 17.9. The van der Waals surface area contributed by atoms with Crippen LogP contribution < -0.4 is 0 Å². The first-order valence-electron chi connectivity index (χ1n) is 7.78. The Morgan fingerprint density at radius 1 is 0.556 bits per heavy atom. The molecule has 0 spiro atoms. The van der Waals surface area contributed by atoms with Crippen LogP contribution in [0.3, 0.4) is 0 Å². The zero-order valence-corrected chi connectivity index (χ0v) is 13.0. The molecule has 0 heterocycles. The first-order chi connectivity index (χ1) is 8.63. The topological polar surface area (TPSA) is 18.5 Å². The summed E-state index contributed by atoms with van der Waals surface area (Å²) in [5.74, 6) is 1.60. The number of ether oxygens (including phenoxy) is 2. The van der Waals surface area contributed by atoms with Crippen LogP contribution in [0.5, 0.6) is 0 Å². The fourth-order valence-corrected chi connectivity index (χ4v) is 1.80. The summed E-state index contributed by atoms with van der Waals surface area (Å²) in [4.78, 5) is 0. The van der Waals surface area contributed by atoms with E-state index in [9.17, 15) is 0 Å². The highest BCUT2D eigenvalue weighted by Crippen LogP contribution is 2.04. The van der Waals surface area contributed by atoms with E-state index in [0.717, 1.165) is 51.1 Å². The van der Waals surface area contributed by atoms with Crippen LogP contribution >= 0.6 is 0 Å². The molecule has 18 heavy (non-hydrogen) atoms. The van der Waals surface area contributed by atoms with Gasteiger partial charge in [0.15, 0.2) is 0 Å². The quantitative estimate of drug-likeness (QED) is 0.447. The molecule has 0 atom stereocenters. The molecule has 0 saturated heterocycles. The van der Waals surface area contributed by atoms with Crippen LogP contribution in [0.1, 0.15) is 66.2 Å². The maximum Gasteiger partial charge on any atom is 0.0466 e. The molecule has 0 aliphatic heterocycles. The number of hydrogen-bond acceptors (Lipinski definition) is 2. The van der Waals surface area contributed by atoms with Crippen molar-refractivity contribution in [2.75, 3.05) is 26.4 Å². The lowest BCUT2D eigenvalue weighted by atomic mass is 10.1. The molecule has 0 rings (SSSR count). The van der Waals surface area contributed by atoms with Crippen molar-refractivity contribution in [3.8, 4) is 0 Å². The van der Waals surface area contributed by atoms with E-state index < -0.39 is 0 Å². The SMILES string of the molecule is CC(C)CCCOCCCCOCCCC(C)C. The van der Waals surface area contributed by atoms with E-state index in [1.54, 1.807) is 0 Å². The van der Waals surface area contributed by atoms with Crippen molar-refractivity contribution in [1.82, 2.24) is 0 Å². The molecule has 0 aliphatic rings. The number of rotatable bonds is 13. The summed E-state index contributed by atoms with van der Waals surface area (Å²) in [6.07, 6.45) is 7.21. The molecule has 0 aromatic rings. The van der Waals surface area contributed by atoms with Crippen molar-refractivity contribution in [2.45, 2.75) is 66.2 Å². The monoisotopic (exact) mass is 258 g/mol. The van der Waals surface area contributed by atoms with Crippen molar-refractivity contribution in [3.63, 3.8) is 0 Å². The van der Waals surface area contributed by atoms with Gasteiger partial charge in [-0.05, 0) is 50.4 Å². The highest BCUT2D eigenvalue weighted by atomic mass is 16.5. The Bertz CT molecular complexity index is 137. The van der Waals surface area contributed by atoms with Gasteiger partial charge in [0.1, 0.15) is 0 Å². The molecule has 0 bridgehead atoms. The fourth-order valence-electron chi connectivity index (χ4n) is 1.80. The molecule has 0 amide bonds. The van der Waals surface area contributed by atoms with E-state index in [2.05, 4.69) is 27.7 Å². The Hall–Kier alpha value is -0.0800. The second-order valence-electron chi connectivity index (χ2n) is 6.00. The van der Waals surface area contributed by atoms with Crippen LogP contribution in [0, 0.1) is 11.8 Å². The third kappa shape index (κ3) is 15.9. The van der Waals surface area contributed by atoms with E-state index >= 15 is 0 Å². The largest absolute Gasteiger partial charge is 0.381 e. The summed E-state index contributed by atoms with van der Waals surface area (Å²) in [6, 6.07) is 0. The van der Waals surface area contributed by atoms with Gasteiger partial charge in [0, 0.05) is 26.4 Å². The van der Waals surface area contributed by atoms with Crippen LogP contribution in [0.25, 0.3) is 0 Å². The van der Waals surface area contributed by atoms with Crippen molar-refractivity contribution < 1.29 is 9.47 Å². The zero-order chi connectivity index (χ0) is 13.6. The van der Waals surface area contributed by atoms with Gasteiger partial charge in [-0.2, -0.15) is 0 Å². The Labute approximate surface area is 114 Å². The predicted octanol–water partition coefficient (Wildman–Crippen LogP) is 4.67. The molecule has 0 fully saturated rings. The molecule has 0 unspecified atom stereocenters. The average molecular weight is 258 g/mol. The van der Waals surface area contributed by atoms with Crippen LogP contribution in [-0.2, 0) is 9.47 Å². The van der Waals surface area contributed by atoms with Gasteiger partial charge in [0.05, 0.1) is 0 Å². The van der Waals surface area contributed by atoms with Crippen LogP contribution in [0.4, 0.5) is 0 Å². The maximum atomic E-state index is 5.59. The van der Waals surface area contributed by atoms with E-state index in [0.29, 0.717) is 0 Å². The molecule has 0 saturated carbocycles. The van der Waals surface area contributed by atoms with Gasteiger partial charge in [0.2, 0.25) is 0 Å². The summed E-state index contributed by atoms with van der Waals surface area (Å²) < 4.78 is 11.2. The third-order valence-corrected chi connectivity index (χ3v) is 2.97. The number of unbranched alkanes of at least 4 members (excludes halogenated alkanes) is 1. The fraction of sp³-hybridized carbons (Fsp3) is 1.00. The smallest absolute Gasteiger partial charge is 0.0466 e. The normalized spacial score (nSPS) is 11.7. The lowest BCUT2D eigenvalue weighted by Crippen LogP contribution is -2.02. The Morgan fingerprint density at radius 2 is 0.889 bits per heavy atom. The Balaban J connectivity index is 2.95. The van der Waals surface area contributed by atoms with Crippen LogP contribution in [0.15, 0.2) is 0 Å². The highest BCUT2D eigenvalue weighted by molar-refractivity contribution is 4.46. The second kappa shape index (κ2) is 13.4. The van der Waals surface area contributed by atoms with Gasteiger partial charge < -0.3 is 9.47 Å². The van der Waals surface area contributed by atoms with Crippen molar-refractivity contribution >= 4 is 0 Å². The summed E-state index contributed by atoms with van der Waals surface area (Å²) in [7, 11) is 0. The van der Waals surface area contributed by atoms with Gasteiger partial charge in [-0.25, -0.2) is 0 Å². The zero-order valence-electron chi connectivity index (χ0n) is 13.0. The molecule has 0 N–H and O–H groups in total. The molecule has 2 nitrogen and oxygen atoms in total. The minimum absolute atomic E-state index is 0.799. The molecule has 2 heteroatoms. The molecular weight excluding hydrogens is 224 g/mol. The van der Waals surface area contributed by atoms with Crippen molar-refractivity contribution in [2.24, 2.45) is 11.8 Å². The standard InChI is InChI=1S/C16H34O2/c1-15(2)9-7-13-17-11-5-6-12-18-14-8-10-16(3)4/h15-16H,5-14H2,1-4H3. The minimum Gasteiger partial charge on any atom is -0.381 e. The predicted molar refractivity (Wildman–Crippen MR) is 79.0 cm³/mol. The minimum atomic E-state index is 0.799. The highest BCUT2D eigenvalue weighted by Gasteiger charge is 1.96. The van der Waals surface area contributed by atoms with Gasteiger partial charge in [0.25, 0.3) is 0 Å². The van der Waals surface area contributed by atoms with Gasteiger partial charge in [-0.3, -0.25) is 0 Å². The van der Waals surface area contributed by atoms with E-state index in [1.807, 2.05) is 0 Å². The van der Waals surface area contributed by atoms with E-state index in [-0.39, 0.29) is 0 Å². The van der Waals surface area contributed by atoms with Gasteiger partial charge >= 0.3 is 0 Å². The van der Waals surface area contributed by atoms with Crippen molar-refractivity contribution in [1.29, 1.82) is 0 Å².